The predicted molar refractivity (Wildman–Crippen MR) is 191 cm³/mol. The van der Waals surface area contributed by atoms with Crippen molar-refractivity contribution >= 4 is 69.3 Å². The summed E-state index contributed by atoms with van der Waals surface area (Å²) in [6, 6.07) is 26.9. The molecule has 0 fully saturated rings. The van der Waals surface area contributed by atoms with Crippen molar-refractivity contribution in [2.75, 3.05) is 17.2 Å². The second-order valence-electron chi connectivity index (χ2n) is 10.2. The molecule has 0 aliphatic carbocycles. The third kappa shape index (κ3) is 9.09. The zero-order valence-electron chi connectivity index (χ0n) is 25.8. The molecule has 4 aromatic carbocycles. The van der Waals surface area contributed by atoms with Crippen LogP contribution in [-0.2, 0) is 9.59 Å². The fourth-order valence-electron chi connectivity index (χ4n) is 4.40. The van der Waals surface area contributed by atoms with Gasteiger partial charge in [-0.05, 0) is 86.7 Å². The van der Waals surface area contributed by atoms with E-state index in [-0.39, 0.29) is 22.2 Å². The molecule has 1 unspecified atom stereocenters. The minimum absolute atomic E-state index is 0.0475. The van der Waals surface area contributed by atoms with Gasteiger partial charge in [-0.25, -0.2) is 9.37 Å². The molecule has 48 heavy (non-hydrogen) atoms. The number of thiazole rings is 1. The molecular weight excluding hydrogens is 671 g/mol. The molecule has 1 aromatic heterocycles. The van der Waals surface area contributed by atoms with Crippen LogP contribution in [0, 0.1) is 5.82 Å². The monoisotopic (exact) mass is 700 g/mol. The maximum atomic E-state index is 14.6. The number of benzene rings is 4. The maximum Gasteiger partial charge on any atom is 0.272 e. The number of ether oxygens (including phenoxy) is 1. The van der Waals surface area contributed by atoms with E-state index in [1.54, 1.807) is 55.5 Å². The Kier molecular flexibility index (Phi) is 11.6. The van der Waals surface area contributed by atoms with Crippen LogP contribution in [-0.4, -0.2) is 34.6 Å². The van der Waals surface area contributed by atoms with Gasteiger partial charge in [-0.1, -0.05) is 41.9 Å². The largest absolute Gasteiger partial charge is 0.494 e. The summed E-state index contributed by atoms with van der Waals surface area (Å²) >= 11 is 8.83. The molecule has 5 aromatic rings. The van der Waals surface area contributed by atoms with Gasteiger partial charge in [0, 0.05) is 32.7 Å². The van der Waals surface area contributed by atoms with Crippen molar-refractivity contribution in [3.63, 3.8) is 0 Å². The molecule has 0 bridgehead atoms. The van der Waals surface area contributed by atoms with Crippen molar-refractivity contribution in [2.24, 2.45) is 0 Å². The number of anilines is 2. The molecular formula is C36H30ClFN4O4S2. The number of amides is 3. The summed E-state index contributed by atoms with van der Waals surface area (Å²) in [5.41, 5.74) is 2.10. The maximum absolute atomic E-state index is 14.6. The van der Waals surface area contributed by atoms with Crippen LogP contribution in [0.2, 0.25) is 5.02 Å². The molecule has 0 radical (unpaired) electrons. The van der Waals surface area contributed by atoms with E-state index in [4.69, 9.17) is 16.3 Å². The van der Waals surface area contributed by atoms with Gasteiger partial charge < -0.3 is 20.7 Å². The van der Waals surface area contributed by atoms with Gasteiger partial charge in [0.2, 0.25) is 5.91 Å². The van der Waals surface area contributed by atoms with Gasteiger partial charge in [-0.15, -0.1) is 23.1 Å². The number of carbonyl (C=O) groups is 3. The number of hydrogen-bond acceptors (Lipinski definition) is 7. The Morgan fingerprint density at radius 2 is 1.73 bits per heavy atom. The highest BCUT2D eigenvalue weighted by molar-refractivity contribution is 8.00. The molecule has 0 aliphatic rings. The summed E-state index contributed by atoms with van der Waals surface area (Å²) in [4.78, 5) is 44.7. The summed E-state index contributed by atoms with van der Waals surface area (Å²) in [7, 11) is 0. The molecule has 0 saturated heterocycles. The van der Waals surface area contributed by atoms with Crippen LogP contribution in [0.25, 0.3) is 17.3 Å². The molecule has 8 nitrogen and oxygen atoms in total. The van der Waals surface area contributed by atoms with Crippen LogP contribution in [0.5, 0.6) is 5.75 Å². The van der Waals surface area contributed by atoms with Gasteiger partial charge in [0.1, 0.15) is 17.3 Å². The lowest BCUT2D eigenvalue weighted by molar-refractivity contribution is -0.115. The minimum atomic E-state index is -0.696. The van der Waals surface area contributed by atoms with Crippen LogP contribution in [0.4, 0.5) is 15.2 Å². The zero-order chi connectivity index (χ0) is 34.0. The lowest BCUT2D eigenvalue weighted by Crippen LogP contribution is -2.30. The fraction of sp³-hybridized carbons (Fsp3) is 0.111. The summed E-state index contributed by atoms with van der Waals surface area (Å²) in [5.74, 6) is -1.37. The molecule has 0 saturated carbocycles. The first-order chi connectivity index (χ1) is 23.2. The van der Waals surface area contributed by atoms with Crippen molar-refractivity contribution in [1.29, 1.82) is 0 Å². The molecule has 3 amide bonds. The highest BCUT2D eigenvalue weighted by Gasteiger charge is 2.19. The van der Waals surface area contributed by atoms with E-state index >= 15 is 0 Å². The third-order valence-corrected chi connectivity index (χ3v) is 8.97. The molecule has 0 spiro atoms. The smallest absolute Gasteiger partial charge is 0.272 e. The van der Waals surface area contributed by atoms with Gasteiger partial charge in [-0.3, -0.25) is 14.4 Å². The van der Waals surface area contributed by atoms with Gasteiger partial charge >= 0.3 is 0 Å². The molecule has 0 aliphatic heterocycles. The van der Waals surface area contributed by atoms with Crippen LogP contribution in [0.15, 0.2) is 113 Å². The topological polar surface area (TPSA) is 109 Å². The van der Waals surface area contributed by atoms with Crippen LogP contribution in [0.1, 0.15) is 29.8 Å². The Morgan fingerprint density at radius 1 is 0.979 bits per heavy atom. The first kappa shape index (κ1) is 34.4. The second-order valence-corrected chi connectivity index (χ2v) is 12.9. The van der Waals surface area contributed by atoms with E-state index in [0.717, 1.165) is 17.0 Å². The highest BCUT2D eigenvalue weighted by atomic mass is 35.5. The van der Waals surface area contributed by atoms with Crippen molar-refractivity contribution in [3.8, 4) is 17.0 Å². The zero-order valence-corrected chi connectivity index (χ0v) is 28.2. The van der Waals surface area contributed by atoms with E-state index < -0.39 is 22.9 Å². The first-order valence-corrected chi connectivity index (χ1v) is 16.9. The summed E-state index contributed by atoms with van der Waals surface area (Å²) < 4.78 is 20.1. The third-order valence-electron chi connectivity index (χ3n) is 6.79. The standard InChI is InChI=1S/C36H30ClFN4O4S2/c1-3-46-26-17-15-23(16-18-26)32-21-47-36(41-32)42-33(43)22(2)48-27-12-7-11-25(19-27)39-35(45)31(20-28-29(37)13-8-14-30(28)38)40-34(44)24-9-5-4-6-10-24/h4-22H,3H2,1-2H3,(H,39,45)(H,40,44)(H,41,42,43)/b31-20+. The van der Waals surface area contributed by atoms with Crippen LogP contribution >= 0.6 is 34.7 Å². The minimum Gasteiger partial charge on any atom is -0.494 e. The Hall–Kier alpha value is -4.97. The molecule has 3 N–H and O–H groups in total. The molecule has 1 atom stereocenters. The molecule has 1 heterocycles. The van der Waals surface area contributed by atoms with Crippen molar-refractivity contribution in [2.45, 2.75) is 24.0 Å². The van der Waals surface area contributed by atoms with Gasteiger partial charge in [0.05, 0.1) is 22.6 Å². The Bertz CT molecular complexity index is 1930. The van der Waals surface area contributed by atoms with Gasteiger partial charge in [-0.2, -0.15) is 0 Å². The van der Waals surface area contributed by atoms with E-state index in [1.165, 1.54) is 47.4 Å². The number of carbonyl (C=O) groups excluding carboxylic acids is 3. The lowest BCUT2D eigenvalue weighted by atomic mass is 10.1. The van der Waals surface area contributed by atoms with Crippen LogP contribution in [0.3, 0.4) is 0 Å². The number of nitrogens with zero attached hydrogens (tertiary/aromatic N) is 1. The molecule has 244 valence electrons. The average Bonchev–Trinajstić information content (AvgIpc) is 3.55. The van der Waals surface area contributed by atoms with Crippen molar-refractivity contribution in [3.05, 3.63) is 130 Å². The summed E-state index contributed by atoms with van der Waals surface area (Å²) in [6.45, 7) is 4.28. The molecule has 5 rings (SSSR count). The van der Waals surface area contributed by atoms with E-state index in [0.29, 0.717) is 27.9 Å². The Labute approximate surface area is 290 Å². The number of aromatic nitrogens is 1. The number of nitrogens with one attached hydrogen (secondary N) is 3. The Balaban J connectivity index is 1.25. The highest BCUT2D eigenvalue weighted by Crippen LogP contribution is 2.30. The summed E-state index contributed by atoms with van der Waals surface area (Å²) in [5, 5.41) is 10.1. The quantitative estimate of drug-likeness (QED) is 0.0889. The Morgan fingerprint density at radius 3 is 2.46 bits per heavy atom. The van der Waals surface area contributed by atoms with Crippen molar-refractivity contribution < 1.29 is 23.5 Å². The van der Waals surface area contributed by atoms with Crippen LogP contribution < -0.4 is 20.7 Å². The number of halogens is 2. The first-order valence-electron chi connectivity index (χ1n) is 14.8. The van der Waals surface area contributed by atoms with Gasteiger partial charge in [0.25, 0.3) is 11.8 Å². The van der Waals surface area contributed by atoms with E-state index in [1.807, 2.05) is 42.6 Å². The average molecular weight is 701 g/mol. The van der Waals surface area contributed by atoms with Gasteiger partial charge in [0.15, 0.2) is 5.13 Å². The number of rotatable bonds is 12. The van der Waals surface area contributed by atoms with E-state index in [2.05, 4.69) is 20.9 Å². The lowest BCUT2D eigenvalue weighted by Gasteiger charge is -2.14. The normalized spacial score (nSPS) is 11.8. The SMILES string of the molecule is CCOc1ccc(-c2csc(NC(=O)C(C)Sc3cccc(NC(=O)/C(=C\c4c(F)cccc4Cl)NC(=O)c4ccccc4)c3)n2)cc1. The second kappa shape index (κ2) is 16.2. The fourth-order valence-corrected chi connectivity index (χ4v) is 6.26. The predicted octanol–water partition coefficient (Wildman–Crippen LogP) is 8.53. The summed E-state index contributed by atoms with van der Waals surface area (Å²) in [6.07, 6.45) is 1.19. The molecule has 12 heteroatoms. The van der Waals surface area contributed by atoms with Crippen molar-refractivity contribution in [1.82, 2.24) is 10.3 Å². The van der Waals surface area contributed by atoms with E-state index in [9.17, 15) is 18.8 Å². The number of thioether (sulfide) groups is 1. The number of hydrogen-bond donors (Lipinski definition) is 3.